The van der Waals surface area contributed by atoms with Crippen molar-refractivity contribution >= 4 is 34.0 Å². The summed E-state index contributed by atoms with van der Waals surface area (Å²) in [5, 5.41) is 5.42. The number of imide groups is 1. The second-order valence-corrected chi connectivity index (χ2v) is 9.79. The average Bonchev–Trinajstić information content (AvgIpc) is 3.57. The van der Waals surface area contributed by atoms with Gasteiger partial charge in [-0.3, -0.25) is 9.59 Å². The second kappa shape index (κ2) is 7.16. The molecule has 5 nitrogen and oxygen atoms in total. The van der Waals surface area contributed by atoms with E-state index in [0.29, 0.717) is 24.2 Å². The van der Waals surface area contributed by atoms with Gasteiger partial charge in [0.15, 0.2) is 0 Å². The molecule has 1 aliphatic heterocycles. The molecule has 1 saturated heterocycles. The summed E-state index contributed by atoms with van der Waals surface area (Å²) in [6, 6.07) is 15.5. The molecule has 0 radical (unpaired) electrons. The highest BCUT2D eigenvalue weighted by atomic mass is 79.9. The van der Waals surface area contributed by atoms with E-state index in [-0.39, 0.29) is 35.5 Å². The minimum atomic E-state index is -0.219. The van der Waals surface area contributed by atoms with Gasteiger partial charge in [0.1, 0.15) is 12.4 Å². The molecule has 4 aliphatic carbocycles. The number of carbonyl (C=O) groups is 2. The Kier molecular flexibility index (Phi) is 4.39. The molecule has 156 valence electrons. The van der Waals surface area contributed by atoms with Crippen molar-refractivity contribution in [1.29, 1.82) is 0 Å². The monoisotopic (exact) mass is 476 g/mol. The number of benzene rings is 2. The fourth-order valence-corrected chi connectivity index (χ4v) is 5.88. The normalized spacial score (nSPS) is 32.5. The van der Waals surface area contributed by atoms with Crippen LogP contribution in [0, 0.1) is 35.5 Å². The molecule has 6 heteroatoms. The van der Waals surface area contributed by atoms with Gasteiger partial charge in [0.05, 0.1) is 18.1 Å². The van der Waals surface area contributed by atoms with Crippen LogP contribution in [0.2, 0.25) is 0 Å². The molecular weight excluding hydrogens is 456 g/mol. The molecule has 2 amide bonds. The zero-order valence-electron chi connectivity index (χ0n) is 16.7. The average molecular weight is 477 g/mol. The van der Waals surface area contributed by atoms with Gasteiger partial charge in [0.25, 0.3) is 11.8 Å². The Morgan fingerprint density at radius 1 is 1.00 bits per heavy atom. The van der Waals surface area contributed by atoms with Crippen LogP contribution in [0.15, 0.2) is 70.3 Å². The quantitative estimate of drug-likeness (QED) is 0.364. The number of hydrogen-bond acceptors (Lipinski definition) is 4. The highest BCUT2D eigenvalue weighted by Gasteiger charge is 2.67. The van der Waals surface area contributed by atoms with Crippen molar-refractivity contribution in [2.75, 3.05) is 0 Å². The molecule has 2 saturated carbocycles. The lowest BCUT2D eigenvalue weighted by molar-refractivity contribution is -0.140. The number of halogens is 1. The lowest BCUT2D eigenvalue weighted by Crippen LogP contribution is -2.40. The highest BCUT2D eigenvalue weighted by molar-refractivity contribution is 9.10. The molecule has 0 aromatic heterocycles. The minimum Gasteiger partial charge on any atom is -0.489 e. The van der Waals surface area contributed by atoms with Crippen LogP contribution in [0.4, 0.5) is 0 Å². The van der Waals surface area contributed by atoms with Gasteiger partial charge in [0, 0.05) is 4.47 Å². The van der Waals surface area contributed by atoms with Gasteiger partial charge < -0.3 is 4.74 Å². The van der Waals surface area contributed by atoms with Gasteiger partial charge in [-0.1, -0.05) is 52.3 Å². The van der Waals surface area contributed by atoms with Crippen molar-refractivity contribution in [2.24, 2.45) is 40.6 Å². The van der Waals surface area contributed by atoms with Crippen LogP contribution in [0.1, 0.15) is 17.5 Å². The fraction of sp³-hybridized carbons (Fsp3) is 0.320. The standard InChI is InChI=1S/C25H21BrN2O3/c26-16-6-4-14(5-7-16)13-31-17-3-1-2-15(10-17)12-27-28-24(29)22-18-8-9-19(21-11-20(18)21)23(22)25(28)30/h1-10,12,18-23H,11,13H2/b27-12-/t18-,19-,20-,21-,22+,23+/m0/s1. The van der Waals surface area contributed by atoms with Gasteiger partial charge in [-0.05, 0) is 65.5 Å². The van der Waals surface area contributed by atoms with Crippen LogP contribution < -0.4 is 4.74 Å². The van der Waals surface area contributed by atoms with Crippen molar-refractivity contribution in [3.05, 3.63) is 76.3 Å². The molecule has 1 heterocycles. The number of allylic oxidation sites excluding steroid dienone is 2. The van der Waals surface area contributed by atoms with Crippen molar-refractivity contribution in [3.63, 3.8) is 0 Å². The Balaban J connectivity index is 1.16. The summed E-state index contributed by atoms with van der Waals surface area (Å²) in [5.74, 6) is 1.61. The predicted molar refractivity (Wildman–Crippen MR) is 119 cm³/mol. The summed E-state index contributed by atoms with van der Waals surface area (Å²) in [6.07, 6.45) is 7.08. The molecule has 0 N–H and O–H groups in total. The zero-order chi connectivity index (χ0) is 21.1. The van der Waals surface area contributed by atoms with E-state index in [4.69, 9.17) is 4.74 Å². The van der Waals surface area contributed by atoms with Crippen molar-refractivity contribution < 1.29 is 14.3 Å². The number of carbonyl (C=O) groups excluding carboxylic acids is 2. The minimum absolute atomic E-state index is 0.140. The molecule has 2 bridgehead atoms. The molecule has 7 rings (SSSR count). The fourth-order valence-electron chi connectivity index (χ4n) is 5.61. The first kappa shape index (κ1) is 19.0. The van der Waals surface area contributed by atoms with Crippen molar-refractivity contribution in [1.82, 2.24) is 5.01 Å². The van der Waals surface area contributed by atoms with E-state index < -0.39 is 0 Å². The van der Waals surface area contributed by atoms with Crippen LogP contribution in [0.3, 0.4) is 0 Å². The summed E-state index contributed by atoms with van der Waals surface area (Å²) in [4.78, 5) is 26.0. The molecule has 2 aromatic rings. The van der Waals surface area contributed by atoms with Gasteiger partial charge in [-0.25, -0.2) is 0 Å². The topological polar surface area (TPSA) is 59.0 Å². The third-order valence-corrected chi connectivity index (χ3v) is 7.67. The summed E-state index contributed by atoms with van der Waals surface area (Å²) < 4.78 is 6.91. The van der Waals surface area contributed by atoms with E-state index >= 15 is 0 Å². The number of hydrogen-bond donors (Lipinski definition) is 0. The SMILES string of the molecule is O=C1[C@@H]2[C@H]3C=C[C@@H]([C@@H]4C[C@@H]34)[C@H]2C(=O)N1/N=C\c1cccc(OCc2ccc(Br)cc2)c1. The maximum Gasteiger partial charge on any atom is 0.254 e. The Morgan fingerprint density at radius 3 is 2.35 bits per heavy atom. The maximum atomic E-state index is 13.0. The number of hydrazone groups is 1. The molecule has 6 atom stereocenters. The lowest BCUT2D eigenvalue weighted by atomic mass is 9.63. The van der Waals surface area contributed by atoms with Crippen LogP contribution in [-0.4, -0.2) is 23.0 Å². The van der Waals surface area contributed by atoms with Crippen molar-refractivity contribution in [2.45, 2.75) is 13.0 Å². The largest absolute Gasteiger partial charge is 0.489 e. The van der Waals surface area contributed by atoms with E-state index in [1.165, 1.54) is 0 Å². The number of nitrogens with zero attached hydrogens (tertiary/aromatic N) is 2. The Morgan fingerprint density at radius 2 is 1.68 bits per heavy atom. The van der Waals surface area contributed by atoms with Gasteiger partial charge in [0.2, 0.25) is 0 Å². The Bertz CT molecular complexity index is 1090. The zero-order valence-corrected chi connectivity index (χ0v) is 18.3. The summed E-state index contributed by atoms with van der Waals surface area (Å²) in [6.45, 7) is 0.457. The molecule has 0 spiro atoms. The molecule has 5 aliphatic rings. The second-order valence-electron chi connectivity index (χ2n) is 8.88. The molecule has 2 aromatic carbocycles. The van der Waals surface area contributed by atoms with Crippen LogP contribution in [-0.2, 0) is 16.2 Å². The first-order valence-corrected chi connectivity index (χ1v) is 11.5. The van der Waals surface area contributed by atoms with E-state index in [1.54, 1.807) is 6.21 Å². The third kappa shape index (κ3) is 3.16. The smallest absolute Gasteiger partial charge is 0.254 e. The summed E-state index contributed by atoms with van der Waals surface area (Å²) >= 11 is 3.43. The summed E-state index contributed by atoms with van der Waals surface area (Å²) in [5.41, 5.74) is 1.85. The van der Waals surface area contributed by atoms with Gasteiger partial charge >= 0.3 is 0 Å². The number of amides is 2. The van der Waals surface area contributed by atoms with Crippen molar-refractivity contribution in [3.8, 4) is 5.75 Å². The van der Waals surface area contributed by atoms with Crippen LogP contribution in [0.5, 0.6) is 5.75 Å². The number of ether oxygens (including phenoxy) is 1. The van der Waals surface area contributed by atoms with Gasteiger partial charge in [-0.2, -0.15) is 10.1 Å². The number of rotatable bonds is 5. The predicted octanol–water partition coefficient (Wildman–Crippen LogP) is 4.42. The van der Waals surface area contributed by atoms with Crippen LogP contribution >= 0.6 is 15.9 Å². The summed E-state index contributed by atoms with van der Waals surface area (Å²) in [7, 11) is 0. The molecular formula is C25H21BrN2O3. The maximum absolute atomic E-state index is 13.0. The first-order valence-electron chi connectivity index (χ1n) is 10.7. The first-order chi connectivity index (χ1) is 15.1. The Hall–Kier alpha value is -2.73. The Labute approximate surface area is 188 Å². The van der Waals surface area contributed by atoms with Crippen LogP contribution in [0.25, 0.3) is 0 Å². The van der Waals surface area contributed by atoms with Gasteiger partial charge in [-0.15, -0.1) is 0 Å². The van der Waals surface area contributed by atoms with E-state index in [9.17, 15) is 9.59 Å². The van der Waals surface area contributed by atoms with E-state index in [1.807, 2.05) is 48.5 Å². The molecule has 3 fully saturated rings. The molecule has 0 unspecified atom stereocenters. The lowest BCUT2D eigenvalue weighted by Gasteiger charge is -2.37. The van der Waals surface area contributed by atoms with E-state index in [0.717, 1.165) is 27.0 Å². The van der Waals surface area contributed by atoms with E-state index in [2.05, 4.69) is 33.2 Å². The highest BCUT2D eigenvalue weighted by Crippen LogP contribution is 2.65. The molecule has 31 heavy (non-hydrogen) atoms. The third-order valence-electron chi connectivity index (χ3n) is 7.14.